The quantitative estimate of drug-likeness (QED) is 0.263. The van der Waals surface area contributed by atoms with Gasteiger partial charge in [-0.1, -0.05) is 18.2 Å². The van der Waals surface area contributed by atoms with E-state index in [1.807, 2.05) is 41.1 Å². The van der Waals surface area contributed by atoms with Crippen molar-refractivity contribution in [3.05, 3.63) is 53.4 Å². The highest BCUT2D eigenvalue weighted by molar-refractivity contribution is 7.20. The molecule has 0 spiro atoms. The molecule has 1 fully saturated rings. The number of anilines is 1. The molecule has 3 amide bonds. The zero-order chi connectivity index (χ0) is 32.9. The fourth-order valence-electron chi connectivity index (χ4n) is 5.39. The largest absolute Gasteiger partial charge is 0.496 e. The molecule has 12 nitrogen and oxygen atoms in total. The molecule has 242 valence electrons. The summed E-state index contributed by atoms with van der Waals surface area (Å²) >= 11 is 1.26. The lowest BCUT2D eigenvalue weighted by Gasteiger charge is -2.33. The Labute approximate surface area is 266 Å². The van der Waals surface area contributed by atoms with Crippen molar-refractivity contribution >= 4 is 40.5 Å². The van der Waals surface area contributed by atoms with Crippen molar-refractivity contribution in [3.63, 3.8) is 0 Å². The van der Waals surface area contributed by atoms with Gasteiger partial charge in [-0.2, -0.15) is 0 Å². The number of rotatable bonds is 13. The third-order valence-corrected chi connectivity index (χ3v) is 9.68. The van der Waals surface area contributed by atoms with Gasteiger partial charge in [0.25, 0.3) is 5.91 Å². The number of likely N-dealkylation sites (N-methyl/N-ethyl adjacent to an activating group) is 1. The number of hydrogen-bond donors (Lipinski definition) is 1. The molecule has 3 heterocycles. The van der Waals surface area contributed by atoms with Gasteiger partial charge in [0.15, 0.2) is 0 Å². The SMILES string of the molecule is COc1ccccc1C(CN(C)c1sc(-c2ncco2)c(C)c1C(=O)N(C=O)C(C)(C)C(=O)O)OCC1CCN(C(C)=O)CC1. The Balaban J connectivity index is 1.70. The number of aromatic nitrogens is 1. The van der Waals surface area contributed by atoms with Crippen LogP contribution in [0.5, 0.6) is 5.75 Å². The average molecular weight is 641 g/mol. The normalized spacial score (nSPS) is 14.6. The number of hydrogen-bond acceptors (Lipinski definition) is 10. The summed E-state index contributed by atoms with van der Waals surface area (Å²) in [7, 11) is 3.41. The minimum Gasteiger partial charge on any atom is -0.496 e. The van der Waals surface area contributed by atoms with Crippen LogP contribution in [0.25, 0.3) is 10.8 Å². The zero-order valence-corrected chi connectivity index (χ0v) is 27.3. The van der Waals surface area contributed by atoms with Crippen molar-refractivity contribution in [1.29, 1.82) is 0 Å². The second kappa shape index (κ2) is 14.2. The van der Waals surface area contributed by atoms with Gasteiger partial charge in [0, 0.05) is 39.2 Å². The Bertz CT molecular complexity index is 1510. The third kappa shape index (κ3) is 7.20. The lowest BCUT2D eigenvalue weighted by molar-refractivity contribution is -0.150. The summed E-state index contributed by atoms with van der Waals surface area (Å²) < 4.78 is 17.8. The van der Waals surface area contributed by atoms with Crippen LogP contribution in [0, 0.1) is 12.8 Å². The fourth-order valence-corrected chi connectivity index (χ4v) is 6.60. The molecule has 1 aliphatic heterocycles. The van der Waals surface area contributed by atoms with E-state index in [-0.39, 0.29) is 23.8 Å². The maximum absolute atomic E-state index is 14.0. The van der Waals surface area contributed by atoms with Gasteiger partial charge in [0.05, 0.1) is 30.4 Å². The number of thiophene rings is 1. The minimum atomic E-state index is -1.80. The maximum atomic E-state index is 14.0. The highest BCUT2D eigenvalue weighted by atomic mass is 32.1. The predicted octanol–water partition coefficient (Wildman–Crippen LogP) is 4.63. The number of methoxy groups -OCH3 is 1. The molecule has 1 N–H and O–H groups in total. The van der Waals surface area contributed by atoms with E-state index in [0.717, 1.165) is 18.4 Å². The van der Waals surface area contributed by atoms with Gasteiger partial charge in [-0.3, -0.25) is 19.3 Å². The van der Waals surface area contributed by atoms with Crippen LogP contribution in [0.1, 0.15) is 61.2 Å². The molecule has 1 unspecified atom stereocenters. The Kier molecular flexibility index (Phi) is 10.7. The number of amides is 3. The first kappa shape index (κ1) is 33.7. The van der Waals surface area contributed by atoms with E-state index in [1.54, 1.807) is 21.0 Å². The topological polar surface area (TPSA) is 143 Å². The molecule has 1 aliphatic rings. The molecule has 0 aliphatic carbocycles. The van der Waals surface area contributed by atoms with Crippen molar-refractivity contribution in [2.24, 2.45) is 5.92 Å². The summed E-state index contributed by atoms with van der Waals surface area (Å²) in [6.07, 6.45) is 4.35. The highest BCUT2D eigenvalue weighted by Crippen LogP contribution is 2.43. The predicted molar refractivity (Wildman–Crippen MR) is 168 cm³/mol. The van der Waals surface area contributed by atoms with Crippen LogP contribution in [0.3, 0.4) is 0 Å². The van der Waals surface area contributed by atoms with Crippen LogP contribution in [-0.4, -0.2) is 90.0 Å². The number of nitrogens with zero attached hydrogens (tertiary/aromatic N) is 4. The molecule has 45 heavy (non-hydrogen) atoms. The highest BCUT2D eigenvalue weighted by Gasteiger charge is 2.41. The van der Waals surface area contributed by atoms with E-state index in [4.69, 9.17) is 13.9 Å². The van der Waals surface area contributed by atoms with Crippen LogP contribution < -0.4 is 9.64 Å². The molecule has 0 radical (unpaired) electrons. The van der Waals surface area contributed by atoms with E-state index < -0.39 is 23.5 Å². The first-order valence-corrected chi connectivity index (χ1v) is 15.5. The van der Waals surface area contributed by atoms with Crippen molar-refractivity contribution < 1.29 is 38.2 Å². The Morgan fingerprint density at radius 1 is 1.24 bits per heavy atom. The Morgan fingerprint density at radius 3 is 2.51 bits per heavy atom. The molecular weight excluding hydrogens is 600 g/mol. The number of benzene rings is 1. The van der Waals surface area contributed by atoms with E-state index in [9.17, 15) is 24.3 Å². The van der Waals surface area contributed by atoms with Gasteiger partial charge in [-0.15, -0.1) is 11.3 Å². The van der Waals surface area contributed by atoms with Crippen LogP contribution in [0.4, 0.5) is 5.00 Å². The van der Waals surface area contributed by atoms with E-state index in [0.29, 0.717) is 58.2 Å². The van der Waals surface area contributed by atoms with Crippen molar-refractivity contribution in [3.8, 4) is 16.5 Å². The number of carboxylic acid groups (broad SMARTS) is 1. The average Bonchev–Trinajstić information content (AvgIpc) is 3.67. The zero-order valence-electron chi connectivity index (χ0n) is 26.4. The molecule has 2 aromatic heterocycles. The number of imide groups is 1. The van der Waals surface area contributed by atoms with E-state index in [1.165, 1.54) is 37.6 Å². The standard InChI is InChI=1S/C32H40N4O8S/c1-20-26(29(39)36(19-37)32(3,4)31(40)41)30(45-27(20)28-33-13-16-43-28)34(5)17-25(23-9-7-8-10-24(23)42-6)44-18-22-11-14-35(15-12-22)21(2)38/h7-10,13,16,19,22,25H,11-12,14-15,17-18H2,1-6H3,(H,40,41). The number of piperidine rings is 1. The molecule has 1 aromatic carbocycles. The monoisotopic (exact) mass is 640 g/mol. The number of para-hydroxylation sites is 1. The molecule has 4 rings (SSSR count). The number of likely N-dealkylation sites (tertiary alicyclic amines) is 1. The Hall–Kier alpha value is -4.23. The fraction of sp³-hybridized carbons (Fsp3) is 0.469. The van der Waals surface area contributed by atoms with Crippen LogP contribution in [-0.2, 0) is 19.1 Å². The number of oxazole rings is 1. The van der Waals surface area contributed by atoms with Gasteiger partial charge in [0.1, 0.15) is 28.7 Å². The molecule has 3 aromatic rings. The summed E-state index contributed by atoms with van der Waals surface area (Å²) in [5, 5.41) is 10.3. The molecule has 0 bridgehead atoms. The first-order chi connectivity index (χ1) is 21.4. The van der Waals surface area contributed by atoms with Gasteiger partial charge in [-0.25, -0.2) is 9.78 Å². The number of ether oxygens (including phenoxy) is 2. The van der Waals surface area contributed by atoms with Gasteiger partial charge in [0.2, 0.25) is 18.2 Å². The second-order valence-corrected chi connectivity index (χ2v) is 12.6. The van der Waals surface area contributed by atoms with Crippen LogP contribution >= 0.6 is 11.3 Å². The van der Waals surface area contributed by atoms with Gasteiger partial charge in [-0.05, 0) is 51.2 Å². The summed E-state index contributed by atoms with van der Waals surface area (Å²) in [6.45, 7) is 8.03. The van der Waals surface area contributed by atoms with Crippen molar-refractivity contribution in [2.45, 2.75) is 52.2 Å². The number of carboxylic acids is 1. The summed E-state index contributed by atoms with van der Waals surface area (Å²) in [5.41, 5.74) is -0.293. The van der Waals surface area contributed by atoms with Gasteiger partial charge < -0.3 is 28.8 Å². The summed E-state index contributed by atoms with van der Waals surface area (Å²) in [6, 6.07) is 7.57. The molecule has 1 atom stereocenters. The van der Waals surface area contributed by atoms with E-state index in [2.05, 4.69) is 4.98 Å². The molecular formula is C32H40N4O8S. The molecule has 13 heteroatoms. The maximum Gasteiger partial charge on any atom is 0.329 e. The Morgan fingerprint density at radius 2 is 1.93 bits per heavy atom. The number of carbonyl (C=O) groups excluding carboxylic acids is 3. The lowest BCUT2D eigenvalue weighted by Crippen LogP contribution is -2.52. The number of carbonyl (C=O) groups is 4. The lowest BCUT2D eigenvalue weighted by atomic mass is 9.97. The third-order valence-electron chi connectivity index (χ3n) is 8.28. The minimum absolute atomic E-state index is 0.0727. The summed E-state index contributed by atoms with van der Waals surface area (Å²) in [4.78, 5) is 59.3. The van der Waals surface area contributed by atoms with Crippen molar-refractivity contribution in [1.82, 2.24) is 14.8 Å². The molecule has 0 saturated carbocycles. The van der Waals surface area contributed by atoms with E-state index >= 15 is 0 Å². The second-order valence-electron chi connectivity index (χ2n) is 11.6. The summed E-state index contributed by atoms with van der Waals surface area (Å²) in [5.74, 6) is -0.786. The molecule has 1 saturated heterocycles. The number of aliphatic carboxylic acids is 1. The smallest absolute Gasteiger partial charge is 0.329 e. The van der Waals surface area contributed by atoms with Crippen molar-refractivity contribution in [2.75, 3.05) is 45.3 Å². The first-order valence-electron chi connectivity index (χ1n) is 14.7. The van der Waals surface area contributed by atoms with Crippen LogP contribution in [0.15, 0.2) is 41.1 Å². The van der Waals surface area contributed by atoms with Crippen LogP contribution in [0.2, 0.25) is 0 Å². The van der Waals surface area contributed by atoms with Gasteiger partial charge >= 0.3 is 5.97 Å².